The Morgan fingerprint density at radius 1 is 1.07 bits per heavy atom. The van der Waals surface area contributed by atoms with Crippen molar-refractivity contribution in [3.63, 3.8) is 0 Å². The molecular weight excluding hydrogens is 356 g/mol. The molecule has 1 fully saturated rings. The molecule has 3 nitrogen and oxygen atoms in total. The first-order chi connectivity index (χ1) is 13.5. The molecule has 3 heteroatoms. The van der Waals surface area contributed by atoms with Gasteiger partial charge in [-0.2, -0.15) is 0 Å². The lowest BCUT2D eigenvalue weighted by atomic mass is 9.80. The summed E-state index contributed by atoms with van der Waals surface area (Å²) in [6.07, 6.45) is 7.63. The molecule has 4 rings (SSSR count). The van der Waals surface area contributed by atoms with E-state index < -0.39 is 0 Å². The number of benzene rings is 1. The number of amides is 1. The quantitative estimate of drug-likeness (QED) is 0.651. The molecule has 1 saturated heterocycles. The predicted octanol–water partition coefficient (Wildman–Crippen LogP) is 5.63. The van der Waals surface area contributed by atoms with Gasteiger partial charge >= 0.3 is 0 Å². The monoisotopic (exact) mass is 392 g/mol. The normalized spacial score (nSPS) is 24.8. The van der Waals surface area contributed by atoms with Crippen LogP contribution in [0.5, 0.6) is 0 Å². The summed E-state index contributed by atoms with van der Waals surface area (Å²) in [5.74, 6) is 0.293. The fourth-order valence-corrected chi connectivity index (χ4v) is 4.75. The molecule has 0 radical (unpaired) electrons. The van der Waals surface area contributed by atoms with Crippen molar-refractivity contribution < 1.29 is 4.79 Å². The fourth-order valence-electron chi connectivity index (χ4n) is 4.75. The van der Waals surface area contributed by atoms with E-state index >= 15 is 0 Å². The Hall–Kier alpha value is -2.13. The minimum atomic E-state index is 0.0553. The molecule has 2 aliphatic heterocycles. The van der Waals surface area contributed by atoms with Crippen LogP contribution in [0.25, 0.3) is 11.1 Å². The standard InChI is InChI=1S/C19H25N.C7H11NO/c1-13-6-7-15-10-14(8-9-17(13)15)16-11-18(2,3)20-19(4,5)12-16;1-5-3-4-6(2)8-7(5)9/h8-11,20H,1,6-7,12H2,2-5H3;5H,2-4H2,1H3,(H,8,9). The smallest absolute Gasteiger partial charge is 0.226 e. The zero-order valence-corrected chi connectivity index (χ0v) is 18.7. The molecule has 1 amide bonds. The zero-order chi connectivity index (χ0) is 21.4. The first-order valence-electron chi connectivity index (χ1n) is 10.8. The van der Waals surface area contributed by atoms with Crippen LogP contribution in [0, 0.1) is 5.92 Å². The number of carbonyl (C=O) groups is 1. The molecule has 29 heavy (non-hydrogen) atoms. The Labute approximate surface area is 176 Å². The van der Waals surface area contributed by atoms with Gasteiger partial charge in [0.05, 0.1) is 0 Å². The van der Waals surface area contributed by atoms with Crippen LogP contribution in [-0.2, 0) is 11.2 Å². The van der Waals surface area contributed by atoms with E-state index in [-0.39, 0.29) is 22.9 Å². The van der Waals surface area contributed by atoms with Crippen molar-refractivity contribution in [1.82, 2.24) is 10.6 Å². The molecule has 0 saturated carbocycles. The summed E-state index contributed by atoms with van der Waals surface area (Å²) in [6.45, 7) is 18.8. The minimum Gasteiger partial charge on any atom is -0.330 e. The second-order valence-corrected chi connectivity index (χ2v) is 10.1. The van der Waals surface area contributed by atoms with Crippen LogP contribution in [0.15, 0.2) is 43.1 Å². The van der Waals surface area contributed by atoms with Gasteiger partial charge in [-0.25, -0.2) is 0 Å². The Kier molecular flexibility index (Phi) is 5.91. The highest BCUT2D eigenvalue weighted by Crippen LogP contribution is 2.37. The molecule has 3 aliphatic rings. The maximum absolute atomic E-state index is 10.8. The van der Waals surface area contributed by atoms with Gasteiger partial charge in [0.2, 0.25) is 5.91 Å². The molecule has 2 heterocycles. The van der Waals surface area contributed by atoms with Crippen molar-refractivity contribution in [2.45, 2.75) is 77.8 Å². The predicted molar refractivity (Wildman–Crippen MR) is 123 cm³/mol. The van der Waals surface area contributed by atoms with Crippen molar-refractivity contribution in [2.75, 3.05) is 0 Å². The third-order valence-electron chi connectivity index (χ3n) is 6.01. The number of rotatable bonds is 1. The van der Waals surface area contributed by atoms with Crippen LogP contribution in [0.2, 0.25) is 0 Å². The second-order valence-electron chi connectivity index (χ2n) is 10.1. The fraction of sp³-hybridized carbons (Fsp3) is 0.500. The number of fused-ring (bicyclic) bond motifs is 1. The lowest BCUT2D eigenvalue weighted by Gasteiger charge is -2.41. The third-order valence-corrected chi connectivity index (χ3v) is 6.01. The van der Waals surface area contributed by atoms with E-state index in [1.54, 1.807) is 0 Å². The van der Waals surface area contributed by atoms with Crippen LogP contribution >= 0.6 is 0 Å². The van der Waals surface area contributed by atoms with Gasteiger partial charge in [0, 0.05) is 22.7 Å². The molecule has 2 N–H and O–H groups in total. The van der Waals surface area contributed by atoms with E-state index in [2.05, 4.69) is 75.8 Å². The van der Waals surface area contributed by atoms with E-state index in [9.17, 15) is 4.79 Å². The van der Waals surface area contributed by atoms with Crippen LogP contribution in [0.4, 0.5) is 0 Å². The number of allylic oxidation sites excluding steroid dienone is 2. The summed E-state index contributed by atoms with van der Waals surface area (Å²) in [4.78, 5) is 10.8. The van der Waals surface area contributed by atoms with Gasteiger partial charge in [-0.1, -0.05) is 44.4 Å². The van der Waals surface area contributed by atoms with Crippen molar-refractivity contribution in [3.8, 4) is 0 Å². The summed E-state index contributed by atoms with van der Waals surface area (Å²) in [5, 5.41) is 6.40. The van der Waals surface area contributed by atoms with E-state index in [1.807, 2.05) is 6.92 Å². The molecule has 1 aromatic carbocycles. The highest BCUT2D eigenvalue weighted by molar-refractivity contribution is 5.81. The topological polar surface area (TPSA) is 41.1 Å². The number of hydrogen-bond donors (Lipinski definition) is 2. The van der Waals surface area contributed by atoms with Crippen LogP contribution < -0.4 is 10.6 Å². The molecule has 1 aliphatic carbocycles. The van der Waals surface area contributed by atoms with Crippen molar-refractivity contribution in [2.24, 2.45) is 5.92 Å². The van der Waals surface area contributed by atoms with Crippen molar-refractivity contribution in [1.29, 1.82) is 0 Å². The SMILES string of the molecule is C=C1CCC(C)C(=O)N1.C=C1CCc2cc(C3=CC(C)(C)NC(C)(C)C3)ccc21. The zero-order valence-electron chi connectivity index (χ0n) is 18.7. The number of hydrogen-bond acceptors (Lipinski definition) is 2. The molecule has 1 unspecified atom stereocenters. The van der Waals surface area contributed by atoms with Gasteiger partial charge in [-0.3, -0.25) is 4.79 Å². The first kappa shape index (κ1) is 21.6. The lowest BCUT2D eigenvalue weighted by molar-refractivity contribution is -0.124. The molecule has 1 aromatic rings. The van der Waals surface area contributed by atoms with E-state index in [0.29, 0.717) is 0 Å². The molecule has 1 atom stereocenters. The van der Waals surface area contributed by atoms with E-state index in [4.69, 9.17) is 0 Å². The largest absolute Gasteiger partial charge is 0.330 e. The molecule has 156 valence electrons. The van der Waals surface area contributed by atoms with Gasteiger partial charge in [-0.15, -0.1) is 0 Å². The average Bonchev–Trinajstić information content (AvgIpc) is 2.97. The first-order valence-corrected chi connectivity index (χ1v) is 10.8. The Balaban J connectivity index is 0.000000224. The highest BCUT2D eigenvalue weighted by Gasteiger charge is 2.32. The van der Waals surface area contributed by atoms with Crippen LogP contribution in [0.1, 0.15) is 77.0 Å². The molecule has 0 spiro atoms. The Bertz CT molecular complexity index is 873. The third kappa shape index (κ3) is 5.27. The maximum atomic E-state index is 10.8. The van der Waals surface area contributed by atoms with E-state index in [0.717, 1.165) is 37.8 Å². The summed E-state index contributed by atoms with van der Waals surface area (Å²) in [6, 6.07) is 6.93. The maximum Gasteiger partial charge on any atom is 0.226 e. The van der Waals surface area contributed by atoms with Gasteiger partial charge in [0.1, 0.15) is 0 Å². The van der Waals surface area contributed by atoms with Gasteiger partial charge in [-0.05, 0) is 87.6 Å². The highest BCUT2D eigenvalue weighted by atomic mass is 16.1. The minimum absolute atomic E-state index is 0.0553. The van der Waals surface area contributed by atoms with Gasteiger partial charge < -0.3 is 10.6 Å². The number of piperidine rings is 1. The lowest BCUT2D eigenvalue weighted by Crippen LogP contribution is -2.53. The number of nitrogens with one attached hydrogen (secondary N) is 2. The van der Waals surface area contributed by atoms with E-state index in [1.165, 1.54) is 27.8 Å². The summed E-state index contributed by atoms with van der Waals surface area (Å²) in [7, 11) is 0. The van der Waals surface area contributed by atoms with Gasteiger partial charge in [0.25, 0.3) is 0 Å². The number of aryl methyl sites for hydroxylation is 1. The summed E-state index contributed by atoms with van der Waals surface area (Å²) >= 11 is 0. The second kappa shape index (κ2) is 7.95. The average molecular weight is 393 g/mol. The van der Waals surface area contributed by atoms with Crippen molar-refractivity contribution >= 4 is 17.1 Å². The van der Waals surface area contributed by atoms with Crippen LogP contribution in [-0.4, -0.2) is 17.0 Å². The van der Waals surface area contributed by atoms with Gasteiger partial charge in [0.15, 0.2) is 0 Å². The molecule has 0 aromatic heterocycles. The number of carbonyl (C=O) groups excluding carboxylic acids is 1. The van der Waals surface area contributed by atoms with Crippen molar-refractivity contribution in [3.05, 3.63) is 59.8 Å². The van der Waals surface area contributed by atoms with Crippen LogP contribution in [0.3, 0.4) is 0 Å². The molecule has 0 bridgehead atoms. The molecular formula is C26H36N2O. The Morgan fingerprint density at radius 2 is 1.79 bits per heavy atom. The summed E-state index contributed by atoms with van der Waals surface area (Å²) in [5.41, 5.74) is 8.07. The Morgan fingerprint density at radius 3 is 2.41 bits per heavy atom. The summed E-state index contributed by atoms with van der Waals surface area (Å²) < 4.78 is 0.